The van der Waals surface area contributed by atoms with Crippen LogP contribution in [0.15, 0.2) is 73.2 Å². The van der Waals surface area contributed by atoms with Crippen LogP contribution in [-0.4, -0.2) is 21.6 Å². The summed E-state index contributed by atoms with van der Waals surface area (Å²) in [5, 5.41) is 4.00. The quantitative estimate of drug-likeness (QED) is 0.508. The van der Waals surface area contributed by atoms with E-state index in [0.29, 0.717) is 11.3 Å². The number of aryl methyl sites for hydroxylation is 1. The highest BCUT2D eigenvalue weighted by molar-refractivity contribution is 6.10. The molecule has 0 saturated heterocycles. The number of para-hydroxylation sites is 1. The fraction of sp³-hybridized carbons (Fsp3) is 0.167. The lowest BCUT2D eigenvalue weighted by molar-refractivity contribution is 0.102. The van der Waals surface area contributed by atoms with Gasteiger partial charge in [0, 0.05) is 42.2 Å². The van der Waals surface area contributed by atoms with Gasteiger partial charge in [0.2, 0.25) is 0 Å². The van der Waals surface area contributed by atoms with Crippen LogP contribution in [0.5, 0.6) is 5.75 Å². The third-order valence-corrected chi connectivity index (χ3v) is 4.65. The summed E-state index contributed by atoms with van der Waals surface area (Å²) in [6, 6.07) is 17.1. The summed E-state index contributed by atoms with van der Waals surface area (Å²) in [5.74, 6) is 0.566. The van der Waals surface area contributed by atoms with Crippen molar-refractivity contribution in [3.63, 3.8) is 0 Å². The minimum Gasteiger partial charge on any atom is -0.491 e. The number of carbonyl (C=O) groups excluding carboxylic acids is 1. The number of amides is 1. The molecule has 0 radical (unpaired) electrons. The second-order valence-corrected chi connectivity index (χ2v) is 7.27. The maximum Gasteiger partial charge on any atom is 0.255 e. The zero-order valence-corrected chi connectivity index (χ0v) is 16.7. The number of hydrogen-bond acceptors (Lipinski definition) is 3. The molecule has 2 aromatic carbocycles. The molecule has 5 heteroatoms. The molecule has 0 fully saturated rings. The Bertz CT molecular complexity index is 1160. The number of hydrogen-bond donors (Lipinski definition) is 1. The van der Waals surface area contributed by atoms with E-state index < -0.39 is 0 Å². The number of nitrogens with one attached hydrogen (secondary N) is 1. The minimum atomic E-state index is -0.180. The van der Waals surface area contributed by atoms with Crippen LogP contribution in [0.25, 0.3) is 22.0 Å². The maximum absolute atomic E-state index is 12.8. The highest BCUT2D eigenvalue weighted by atomic mass is 16.5. The average molecular weight is 385 g/mol. The van der Waals surface area contributed by atoms with Gasteiger partial charge in [0.15, 0.2) is 0 Å². The molecule has 0 bridgehead atoms. The largest absolute Gasteiger partial charge is 0.491 e. The molecular weight excluding hydrogens is 362 g/mol. The molecule has 0 aliphatic carbocycles. The molecule has 1 amide bonds. The second kappa shape index (κ2) is 7.80. The summed E-state index contributed by atoms with van der Waals surface area (Å²) >= 11 is 0. The van der Waals surface area contributed by atoms with Crippen molar-refractivity contribution in [2.75, 3.05) is 5.32 Å². The molecule has 4 aromatic rings. The lowest BCUT2D eigenvalue weighted by Crippen LogP contribution is -2.12. The zero-order valence-electron chi connectivity index (χ0n) is 16.7. The van der Waals surface area contributed by atoms with Gasteiger partial charge in [0.05, 0.1) is 17.3 Å². The summed E-state index contributed by atoms with van der Waals surface area (Å²) in [5.41, 5.74) is 4.22. The first-order chi connectivity index (χ1) is 14.0. The fourth-order valence-corrected chi connectivity index (χ4v) is 3.34. The Balaban J connectivity index is 1.64. The van der Waals surface area contributed by atoms with Crippen molar-refractivity contribution >= 4 is 22.5 Å². The van der Waals surface area contributed by atoms with Crippen molar-refractivity contribution in [3.8, 4) is 16.9 Å². The number of nitrogens with zero attached hydrogens (tertiary/aromatic N) is 2. The molecule has 5 nitrogen and oxygen atoms in total. The van der Waals surface area contributed by atoms with Crippen LogP contribution in [-0.2, 0) is 7.05 Å². The van der Waals surface area contributed by atoms with Crippen molar-refractivity contribution in [2.45, 2.75) is 20.0 Å². The van der Waals surface area contributed by atoms with E-state index in [1.54, 1.807) is 18.3 Å². The number of rotatable bonds is 5. The highest BCUT2D eigenvalue weighted by Gasteiger charge is 2.12. The summed E-state index contributed by atoms with van der Waals surface area (Å²) in [4.78, 5) is 17.3. The van der Waals surface area contributed by atoms with Gasteiger partial charge in [-0.25, -0.2) is 0 Å². The Labute approximate surface area is 170 Å². The van der Waals surface area contributed by atoms with Crippen LogP contribution in [0.1, 0.15) is 24.2 Å². The van der Waals surface area contributed by atoms with Crippen molar-refractivity contribution in [1.82, 2.24) is 9.55 Å². The summed E-state index contributed by atoms with van der Waals surface area (Å²) < 4.78 is 7.65. The Hall–Kier alpha value is -3.60. The molecule has 0 aliphatic heterocycles. The van der Waals surface area contributed by atoms with Gasteiger partial charge in [-0.15, -0.1) is 0 Å². The van der Waals surface area contributed by atoms with Gasteiger partial charge in [-0.2, -0.15) is 0 Å². The van der Waals surface area contributed by atoms with E-state index in [1.807, 2.05) is 68.1 Å². The molecule has 0 spiro atoms. The van der Waals surface area contributed by atoms with Crippen LogP contribution in [0.3, 0.4) is 0 Å². The highest BCUT2D eigenvalue weighted by Crippen LogP contribution is 2.31. The predicted octanol–water partition coefficient (Wildman–Crippen LogP) is 5.28. The standard InChI is InChI=1S/C24H23N3O2/c1-16(2)29-19-9-7-17(8-10-19)24(28)26-22-6-4-5-21-20(11-13-25-23(21)22)18-12-14-27(3)15-18/h4-16H,1-3H3,(H,26,28). The molecule has 0 atom stereocenters. The Morgan fingerprint density at radius 1 is 1.07 bits per heavy atom. The van der Waals surface area contributed by atoms with E-state index in [9.17, 15) is 4.79 Å². The van der Waals surface area contributed by atoms with Crippen molar-refractivity contribution in [1.29, 1.82) is 0 Å². The predicted molar refractivity (Wildman–Crippen MR) is 116 cm³/mol. The van der Waals surface area contributed by atoms with Gasteiger partial charge in [0.25, 0.3) is 5.91 Å². The molecule has 0 unspecified atom stereocenters. The number of aromatic nitrogens is 2. The molecule has 2 aromatic heterocycles. The SMILES string of the molecule is CC(C)Oc1ccc(C(=O)Nc2cccc3c(-c4ccn(C)c4)ccnc23)cc1. The lowest BCUT2D eigenvalue weighted by Gasteiger charge is -2.12. The van der Waals surface area contributed by atoms with Crippen molar-refractivity contribution in [2.24, 2.45) is 7.05 Å². The third-order valence-electron chi connectivity index (χ3n) is 4.65. The lowest BCUT2D eigenvalue weighted by atomic mass is 10.0. The number of benzene rings is 2. The first kappa shape index (κ1) is 18.7. The molecule has 4 rings (SSSR count). The van der Waals surface area contributed by atoms with Gasteiger partial charge >= 0.3 is 0 Å². The third kappa shape index (κ3) is 3.99. The molecule has 0 saturated carbocycles. The van der Waals surface area contributed by atoms with Crippen LogP contribution >= 0.6 is 0 Å². The van der Waals surface area contributed by atoms with E-state index in [-0.39, 0.29) is 12.0 Å². The number of fused-ring (bicyclic) bond motifs is 1. The number of pyridine rings is 1. The fourth-order valence-electron chi connectivity index (χ4n) is 3.34. The monoisotopic (exact) mass is 385 g/mol. The molecule has 1 N–H and O–H groups in total. The second-order valence-electron chi connectivity index (χ2n) is 7.27. The van der Waals surface area contributed by atoms with Gasteiger partial charge < -0.3 is 14.6 Å². The molecule has 146 valence electrons. The van der Waals surface area contributed by atoms with Gasteiger partial charge in [0.1, 0.15) is 5.75 Å². The Morgan fingerprint density at radius 2 is 1.86 bits per heavy atom. The smallest absolute Gasteiger partial charge is 0.255 e. The first-order valence-electron chi connectivity index (χ1n) is 9.59. The van der Waals surface area contributed by atoms with Crippen LogP contribution in [0.4, 0.5) is 5.69 Å². The van der Waals surface area contributed by atoms with Crippen LogP contribution < -0.4 is 10.1 Å². The van der Waals surface area contributed by atoms with Crippen LogP contribution in [0.2, 0.25) is 0 Å². The number of ether oxygens (including phenoxy) is 1. The first-order valence-corrected chi connectivity index (χ1v) is 9.59. The molecular formula is C24H23N3O2. The summed E-state index contributed by atoms with van der Waals surface area (Å²) in [7, 11) is 2.00. The van der Waals surface area contributed by atoms with Crippen molar-refractivity contribution in [3.05, 3.63) is 78.8 Å². The average Bonchev–Trinajstić information content (AvgIpc) is 3.14. The van der Waals surface area contributed by atoms with Gasteiger partial charge in [-0.05, 0) is 61.9 Å². The van der Waals surface area contributed by atoms with E-state index >= 15 is 0 Å². The molecule has 29 heavy (non-hydrogen) atoms. The summed E-state index contributed by atoms with van der Waals surface area (Å²) in [6.07, 6.45) is 5.95. The normalized spacial score (nSPS) is 11.0. The summed E-state index contributed by atoms with van der Waals surface area (Å²) in [6.45, 7) is 3.94. The van der Waals surface area contributed by atoms with E-state index in [2.05, 4.69) is 22.6 Å². The Kier molecular flexibility index (Phi) is 5.04. The Morgan fingerprint density at radius 3 is 2.55 bits per heavy atom. The van der Waals surface area contributed by atoms with Crippen LogP contribution in [0, 0.1) is 0 Å². The van der Waals surface area contributed by atoms with E-state index in [1.165, 1.54) is 0 Å². The van der Waals surface area contributed by atoms with E-state index in [0.717, 1.165) is 27.8 Å². The number of anilines is 1. The molecule has 2 heterocycles. The minimum absolute atomic E-state index is 0.0928. The number of carbonyl (C=O) groups is 1. The zero-order chi connectivity index (χ0) is 20.4. The van der Waals surface area contributed by atoms with Gasteiger partial charge in [-0.3, -0.25) is 9.78 Å². The topological polar surface area (TPSA) is 56.1 Å². The van der Waals surface area contributed by atoms with Gasteiger partial charge in [-0.1, -0.05) is 12.1 Å². The molecule has 0 aliphatic rings. The van der Waals surface area contributed by atoms with E-state index in [4.69, 9.17) is 4.74 Å². The van der Waals surface area contributed by atoms with Crippen molar-refractivity contribution < 1.29 is 9.53 Å². The maximum atomic E-state index is 12.8.